The van der Waals surface area contributed by atoms with Crippen molar-refractivity contribution in [2.45, 2.75) is 25.9 Å². The van der Waals surface area contributed by atoms with E-state index in [4.69, 9.17) is 11.1 Å². The predicted molar refractivity (Wildman–Crippen MR) is 72.3 cm³/mol. The topological polar surface area (TPSA) is 73.9 Å². The number of guanidine groups is 1. The standard InChI is InChI=1S/C13H21FN4/c1-10-2-4-11(5-3-10)9-18-12(8-14)6-7-17-13(15)16/h2-5,12,18H,6-9H2,1H3,(H4,15,16,17). The van der Waals surface area contributed by atoms with Crippen molar-refractivity contribution in [2.24, 2.45) is 5.73 Å². The maximum atomic E-state index is 12.8. The minimum atomic E-state index is -0.425. The van der Waals surface area contributed by atoms with Gasteiger partial charge in [0.2, 0.25) is 0 Å². The molecular weight excluding hydrogens is 231 g/mol. The fourth-order valence-electron chi connectivity index (χ4n) is 1.58. The van der Waals surface area contributed by atoms with Gasteiger partial charge in [-0.3, -0.25) is 5.41 Å². The summed E-state index contributed by atoms with van der Waals surface area (Å²) in [6.45, 7) is 2.76. The van der Waals surface area contributed by atoms with Crippen molar-refractivity contribution in [1.82, 2.24) is 10.6 Å². The zero-order chi connectivity index (χ0) is 13.4. The molecular formula is C13H21FN4. The van der Waals surface area contributed by atoms with Crippen LogP contribution in [0.1, 0.15) is 17.5 Å². The van der Waals surface area contributed by atoms with Crippen molar-refractivity contribution < 1.29 is 4.39 Å². The van der Waals surface area contributed by atoms with E-state index < -0.39 is 6.67 Å². The number of hydrogen-bond donors (Lipinski definition) is 4. The Morgan fingerprint density at radius 1 is 1.39 bits per heavy atom. The average molecular weight is 252 g/mol. The van der Waals surface area contributed by atoms with Gasteiger partial charge in [-0.2, -0.15) is 0 Å². The van der Waals surface area contributed by atoms with Crippen molar-refractivity contribution >= 4 is 5.96 Å². The second kappa shape index (κ2) is 7.66. The number of benzene rings is 1. The molecule has 5 heteroatoms. The van der Waals surface area contributed by atoms with E-state index >= 15 is 0 Å². The van der Waals surface area contributed by atoms with Crippen LogP contribution in [0.4, 0.5) is 4.39 Å². The zero-order valence-corrected chi connectivity index (χ0v) is 10.7. The van der Waals surface area contributed by atoms with Gasteiger partial charge in [-0.15, -0.1) is 0 Å². The minimum absolute atomic E-state index is 0.0776. The lowest BCUT2D eigenvalue weighted by atomic mass is 10.1. The Kier molecular flexibility index (Phi) is 6.14. The van der Waals surface area contributed by atoms with E-state index in [0.717, 1.165) is 5.56 Å². The monoisotopic (exact) mass is 252 g/mol. The number of nitrogens with one attached hydrogen (secondary N) is 3. The number of rotatable bonds is 7. The second-order valence-electron chi connectivity index (χ2n) is 4.35. The van der Waals surface area contributed by atoms with E-state index in [1.165, 1.54) is 5.56 Å². The molecule has 0 amide bonds. The Hall–Kier alpha value is -1.62. The molecule has 0 heterocycles. The van der Waals surface area contributed by atoms with Gasteiger partial charge in [0, 0.05) is 19.1 Å². The molecule has 1 unspecified atom stereocenters. The highest BCUT2D eigenvalue weighted by atomic mass is 19.1. The van der Waals surface area contributed by atoms with Gasteiger partial charge in [-0.05, 0) is 18.9 Å². The van der Waals surface area contributed by atoms with Crippen molar-refractivity contribution in [1.29, 1.82) is 5.41 Å². The molecule has 18 heavy (non-hydrogen) atoms. The van der Waals surface area contributed by atoms with Gasteiger partial charge in [0.15, 0.2) is 5.96 Å². The Morgan fingerprint density at radius 2 is 2.06 bits per heavy atom. The molecule has 4 nitrogen and oxygen atoms in total. The molecule has 0 bridgehead atoms. The van der Waals surface area contributed by atoms with E-state index in [1.54, 1.807) is 0 Å². The molecule has 0 aliphatic heterocycles. The summed E-state index contributed by atoms with van der Waals surface area (Å²) >= 11 is 0. The maximum Gasteiger partial charge on any atom is 0.185 e. The molecule has 1 rings (SSSR count). The number of halogens is 1. The van der Waals surface area contributed by atoms with Crippen LogP contribution in [0.3, 0.4) is 0 Å². The Morgan fingerprint density at radius 3 is 2.61 bits per heavy atom. The molecule has 100 valence electrons. The summed E-state index contributed by atoms with van der Waals surface area (Å²) in [6.07, 6.45) is 0.599. The van der Waals surface area contributed by atoms with Gasteiger partial charge >= 0.3 is 0 Å². The lowest BCUT2D eigenvalue weighted by molar-refractivity contribution is 0.357. The molecule has 0 aliphatic carbocycles. The second-order valence-corrected chi connectivity index (χ2v) is 4.35. The van der Waals surface area contributed by atoms with Crippen LogP contribution in [0.15, 0.2) is 24.3 Å². The lowest BCUT2D eigenvalue weighted by Crippen LogP contribution is -2.37. The molecule has 0 radical (unpaired) electrons. The van der Waals surface area contributed by atoms with Crippen molar-refractivity contribution in [3.05, 3.63) is 35.4 Å². The van der Waals surface area contributed by atoms with Crippen molar-refractivity contribution in [3.8, 4) is 0 Å². The summed E-state index contributed by atoms with van der Waals surface area (Å²) in [5, 5.41) is 12.8. The highest BCUT2D eigenvalue weighted by Crippen LogP contribution is 2.03. The lowest BCUT2D eigenvalue weighted by Gasteiger charge is -2.15. The Bertz CT molecular complexity index is 364. The van der Waals surface area contributed by atoms with Gasteiger partial charge in [-0.1, -0.05) is 29.8 Å². The summed E-state index contributed by atoms with van der Waals surface area (Å²) in [5.41, 5.74) is 7.51. The predicted octanol–water partition coefficient (Wildman–Crippen LogP) is 1.30. The summed E-state index contributed by atoms with van der Waals surface area (Å²) in [7, 11) is 0. The summed E-state index contributed by atoms with van der Waals surface area (Å²) in [6, 6.07) is 7.94. The van der Waals surface area contributed by atoms with Crippen LogP contribution in [0.5, 0.6) is 0 Å². The van der Waals surface area contributed by atoms with E-state index in [2.05, 4.69) is 10.6 Å². The van der Waals surface area contributed by atoms with Crippen LogP contribution in [-0.2, 0) is 6.54 Å². The highest BCUT2D eigenvalue weighted by Gasteiger charge is 2.07. The molecule has 0 fully saturated rings. The van der Waals surface area contributed by atoms with E-state index in [0.29, 0.717) is 19.5 Å². The highest BCUT2D eigenvalue weighted by molar-refractivity contribution is 5.74. The third-order valence-corrected chi connectivity index (χ3v) is 2.71. The number of hydrogen-bond acceptors (Lipinski definition) is 2. The van der Waals surface area contributed by atoms with Gasteiger partial charge < -0.3 is 16.4 Å². The molecule has 1 atom stereocenters. The van der Waals surface area contributed by atoms with Crippen molar-refractivity contribution in [3.63, 3.8) is 0 Å². The van der Waals surface area contributed by atoms with Crippen LogP contribution in [-0.4, -0.2) is 25.2 Å². The normalized spacial score (nSPS) is 12.1. The average Bonchev–Trinajstić information content (AvgIpc) is 2.35. The largest absolute Gasteiger partial charge is 0.370 e. The van der Waals surface area contributed by atoms with E-state index in [1.807, 2.05) is 31.2 Å². The molecule has 0 saturated heterocycles. The quantitative estimate of drug-likeness (QED) is 0.436. The maximum absolute atomic E-state index is 12.8. The molecule has 0 saturated carbocycles. The van der Waals surface area contributed by atoms with Gasteiger partial charge in [0.1, 0.15) is 6.67 Å². The first-order valence-electron chi connectivity index (χ1n) is 6.04. The third kappa shape index (κ3) is 5.63. The molecule has 0 aliphatic rings. The van der Waals surface area contributed by atoms with E-state index in [9.17, 15) is 4.39 Å². The molecule has 0 aromatic heterocycles. The molecule has 0 spiro atoms. The molecule has 1 aromatic rings. The number of alkyl halides is 1. The SMILES string of the molecule is Cc1ccc(CNC(CF)CCNC(=N)N)cc1. The van der Waals surface area contributed by atoms with Crippen LogP contribution < -0.4 is 16.4 Å². The zero-order valence-electron chi connectivity index (χ0n) is 10.7. The van der Waals surface area contributed by atoms with Gasteiger partial charge in [0.05, 0.1) is 0 Å². The Balaban J connectivity index is 2.30. The van der Waals surface area contributed by atoms with Gasteiger partial charge in [-0.25, -0.2) is 4.39 Å². The van der Waals surface area contributed by atoms with Crippen molar-refractivity contribution in [2.75, 3.05) is 13.2 Å². The summed E-state index contributed by atoms with van der Waals surface area (Å²) in [4.78, 5) is 0. The minimum Gasteiger partial charge on any atom is -0.370 e. The summed E-state index contributed by atoms with van der Waals surface area (Å²) in [5.74, 6) is -0.0776. The van der Waals surface area contributed by atoms with Gasteiger partial charge in [0.25, 0.3) is 0 Å². The van der Waals surface area contributed by atoms with Crippen LogP contribution in [0, 0.1) is 12.3 Å². The fraction of sp³-hybridized carbons (Fsp3) is 0.462. The number of nitrogens with two attached hydrogens (primary N) is 1. The smallest absolute Gasteiger partial charge is 0.185 e. The first-order chi connectivity index (χ1) is 8.61. The van der Waals surface area contributed by atoms with E-state index in [-0.39, 0.29) is 12.0 Å². The van der Waals surface area contributed by atoms with Crippen LogP contribution in [0.25, 0.3) is 0 Å². The third-order valence-electron chi connectivity index (χ3n) is 2.71. The summed E-state index contributed by atoms with van der Waals surface area (Å²) < 4.78 is 12.8. The van der Waals surface area contributed by atoms with Crippen LogP contribution >= 0.6 is 0 Å². The Labute approximate surface area is 107 Å². The first kappa shape index (κ1) is 14.4. The molecule has 5 N–H and O–H groups in total. The number of aryl methyl sites for hydroxylation is 1. The van der Waals surface area contributed by atoms with Crippen LogP contribution in [0.2, 0.25) is 0 Å². The first-order valence-corrected chi connectivity index (χ1v) is 6.04. The molecule has 1 aromatic carbocycles. The fourth-order valence-corrected chi connectivity index (χ4v) is 1.58.